The topological polar surface area (TPSA) is 32.3 Å². The van der Waals surface area contributed by atoms with Crippen LogP contribution in [0.3, 0.4) is 0 Å². The Kier molecular flexibility index (Phi) is 6.98. The Labute approximate surface area is 114 Å². The van der Waals surface area contributed by atoms with Crippen LogP contribution in [0.1, 0.15) is 30.2 Å². The number of carbonyl (C=O) groups is 1. The summed E-state index contributed by atoms with van der Waals surface area (Å²) in [4.78, 5) is 14.5. The van der Waals surface area contributed by atoms with Gasteiger partial charge in [0, 0.05) is 25.5 Å². The number of aryl methyl sites for hydroxylation is 1. The quantitative estimate of drug-likeness (QED) is 0.734. The van der Waals surface area contributed by atoms with E-state index in [2.05, 4.69) is 23.7 Å². The highest BCUT2D eigenvalue weighted by molar-refractivity contribution is 7.10. The van der Waals surface area contributed by atoms with E-state index < -0.39 is 0 Å². The minimum absolute atomic E-state index is 0.132. The number of thiophene rings is 1. The van der Waals surface area contributed by atoms with Gasteiger partial charge < -0.3 is 10.2 Å². The molecule has 0 saturated carbocycles. The molecule has 0 saturated heterocycles. The highest BCUT2D eigenvalue weighted by Gasteiger charge is 2.05. The van der Waals surface area contributed by atoms with Crippen molar-refractivity contribution >= 4 is 17.2 Å². The molecule has 0 atom stereocenters. The normalized spacial score (nSPS) is 10.6. The van der Waals surface area contributed by atoms with Crippen LogP contribution >= 0.6 is 11.3 Å². The van der Waals surface area contributed by atoms with Crippen LogP contribution in [-0.2, 0) is 17.6 Å². The molecule has 0 aliphatic carbocycles. The highest BCUT2D eigenvalue weighted by atomic mass is 32.1. The van der Waals surface area contributed by atoms with Crippen molar-refractivity contribution in [2.24, 2.45) is 0 Å². The van der Waals surface area contributed by atoms with Crippen LogP contribution in [0.15, 0.2) is 11.4 Å². The molecule has 18 heavy (non-hydrogen) atoms. The van der Waals surface area contributed by atoms with Crippen LogP contribution in [0.5, 0.6) is 0 Å². The second-order valence-corrected chi connectivity index (χ2v) is 5.69. The van der Waals surface area contributed by atoms with E-state index in [1.54, 1.807) is 19.0 Å². The minimum atomic E-state index is 0.132. The lowest BCUT2D eigenvalue weighted by atomic mass is 10.1. The Morgan fingerprint density at radius 3 is 2.83 bits per heavy atom. The predicted molar refractivity (Wildman–Crippen MR) is 78.2 cm³/mol. The monoisotopic (exact) mass is 268 g/mol. The number of likely N-dealkylation sites (N-methyl/N-ethyl adjacent to an activating group) is 1. The number of hydrogen-bond acceptors (Lipinski definition) is 3. The van der Waals surface area contributed by atoms with Crippen LogP contribution in [-0.4, -0.2) is 38.0 Å². The van der Waals surface area contributed by atoms with Gasteiger partial charge in [0.25, 0.3) is 0 Å². The molecule has 0 bridgehead atoms. The Morgan fingerprint density at radius 1 is 1.39 bits per heavy atom. The summed E-state index contributed by atoms with van der Waals surface area (Å²) in [7, 11) is 3.57. The summed E-state index contributed by atoms with van der Waals surface area (Å²) in [6.07, 6.45) is 4.71. The second-order valence-electron chi connectivity index (χ2n) is 4.69. The van der Waals surface area contributed by atoms with Gasteiger partial charge in [0.2, 0.25) is 5.91 Å². The summed E-state index contributed by atoms with van der Waals surface area (Å²) in [5.41, 5.74) is 1.49. The molecule has 1 amide bonds. The third-order valence-electron chi connectivity index (χ3n) is 2.94. The molecule has 0 spiro atoms. The van der Waals surface area contributed by atoms with Crippen LogP contribution < -0.4 is 5.32 Å². The first-order valence-electron chi connectivity index (χ1n) is 6.61. The zero-order valence-electron chi connectivity index (χ0n) is 11.7. The lowest BCUT2D eigenvalue weighted by Gasteiger charge is -2.10. The fraction of sp³-hybridized carbons (Fsp3) is 0.643. The zero-order valence-corrected chi connectivity index (χ0v) is 12.5. The van der Waals surface area contributed by atoms with Crippen molar-refractivity contribution < 1.29 is 4.79 Å². The van der Waals surface area contributed by atoms with Gasteiger partial charge in [0.15, 0.2) is 0 Å². The summed E-state index contributed by atoms with van der Waals surface area (Å²) in [5.74, 6) is 0.132. The summed E-state index contributed by atoms with van der Waals surface area (Å²) >= 11 is 1.83. The molecule has 1 rings (SSSR count). The van der Waals surface area contributed by atoms with Gasteiger partial charge in [-0.1, -0.05) is 13.3 Å². The summed E-state index contributed by atoms with van der Waals surface area (Å²) in [6.45, 7) is 3.53. The second kappa shape index (κ2) is 8.27. The number of hydrogen-bond donors (Lipinski definition) is 1. The largest absolute Gasteiger partial charge is 0.348 e. The molecule has 1 aromatic rings. The van der Waals surface area contributed by atoms with Gasteiger partial charge in [-0.25, -0.2) is 0 Å². The molecule has 0 aromatic carbocycles. The van der Waals surface area contributed by atoms with Gasteiger partial charge >= 0.3 is 0 Å². The van der Waals surface area contributed by atoms with Crippen molar-refractivity contribution in [1.29, 1.82) is 0 Å². The van der Waals surface area contributed by atoms with Crippen molar-refractivity contribution in [2.45, 2.75) is 32.6 Å². The smallest absolute Gasteiger partial charge is 0.236 e. The number of rotatable bonds is 8. The predicted octanol–water partition coefficient (Wildman–Crippen LogP) is 2.31. The maximum Gasteiger partial charge on any atom is 0.236 e. The highest BCUT2D eigenvalue weighted by Crippen LogP contribution is 2.19. The standard InChI is InChI=1S/C14H24N2OS/c1-4-5-6-12-8-10-18-13(12)7-9-15-11-14(17)16(2)3/h8,10,15H,4-7,9,11H2,1-3H3. The number of amides is 1. The van der Waals surface area contributed by atoms with E-state index in [-0.39, 0.29) is 5.91 Å². The summed E-state index contributed by atoms with van der Waals surface area (Å²) < 4.78 is 0. The SMILES string of the molecule is CCCCc1ccsc1CCNCC(=O)N(C)C. The molecule has 1 N–H and O–H groups in total. The van der Waals surface area contributed by atoms with E-state index in [0.29, 0.717) is 6.54 Å². The molecule has 102 valence electrons. The molecule has 4 heteroatoms. The minimum Gasteiger partial charge on any atom is -0.348 e. The average Bonchev–Trinajstić information content (AvgIpc) is 2.79. The van der Waals surface area contributed by atoms with E-state index in [0.717, 1.165) is 13.0 Å². The van der Waals surface area contributed by atoms with Crippen molar-refractivity contribution in [3.05, 3.63) is 21.9 Å². The van der Waals surface area contributed by atoms with Gasteiger partial charge in [-0.3, -0.25) is 4.79 Å². The molecule has 0 fully saturated rings. The third kappa shape index (κ3) is 5.19. The number of nitrogens with one attached hydrogen (secondary N) is 1. The molecule has 1 aromatic heterocycles. The average molecular weight is 268 g/mol. The Morgan fingerprint density at radius 2 is 2.17 bits per heavy atom. The van der Waals surface area contributed by atoms with E-state index in [1.165, 1.54) is 29.7 Å². The fourth-order valence-corrected chi connectivity index (χ4v) is 2.67. The lowest BCUT2D eigenvalue weighted by molar-refractivity contribution is -0.127. The van der Waals surface area contributed by atoms with Gasteiger partial charge in [-0.15, -0.1) is 11.3 Å². The van der Waals surface area contributed by atoms with Crippen molar-refractivity contribution in [3.8, 4) is 0 Å². The lowest BCUT2D eigenvalue weighted by Crippen LogP contribution is -2.33. The van der Waals surface area contributed by atoms with Crippen LogP contribution in [0.2, 0.25) is 0 Å². The third-order valence-corrected chi connectivity index (χ3v) is 3.96. The van der Waals surface area contributed by atoms with Crippen LogP contribution in [0.25, 0.3) is 0 Å². The van der Waals surface area contributed by atoms with E-state index >= 15 is 0 Å². The Balaban J connectivity index is 2.26. The maximum atomic E-state index is 11.4. The molecule has 0 unspecified atom stereocenters. The van der Waals surface area contributed by atoms with E-state index in [1.807, 2.05) is 11.3 Å². The number of nitrogens with zero attached hydrogens (tertiary/aromatic N) is 1. The van der Waals surface area contributed by atoms with E-state index in [4.69, 9.17) is 0 Å². The summed E-state index contributed by atoms with van der Waals surface area (Å²) in [6, 6.07) is 2.24. The van der Waals surface area contributed by atoms with Crippen molar-refractivity contribution in [2.75, 3.05) is 27.2 Å². The van der Waals surface area contributed by atoms with Crippen molar-refractivity contribution in [3.63, 3.8) is 0 Å². The van der Waals surface area contributed by atoms with E-state index in [9.17, 15) is 4.79 Å². The first-order valence-corrected chi connectivity index (χ1v) is 7.49. The zero-order chi connectivity index (χ0) is 13.4. The van der Waals surface area contributed by atoms with Gasteiger partial charge in [0.05, 0.1) is 6.54 Å². The first kappa shape index (κ1) is 15.2. The molecule has 0 aliphatic rings. The van der Waals surface area contributed by atoms with Gasteiger partial charge in [-0.05, 0) is 36.3 Å². The number of unbranched alkanes of at least 4 members (excludes halogenated alkanes) is 1. The van der Waals surface area contributed by atoms with Crippen LogP contribution in [0.4, 0.5) is 0 Å². The molecular weight excluding hydrogens is 244 g/mol. The molecular formula is C14H24N2OS. The first-order chi connectivity index (χ1) is 8.65. The number of carbonyl (C=O) groups excluding carboxylic acids is 1. The Hall–Kier alpha value is -0.870. The maximum absolute atomic E-state index is 11.4. The van der Waals surface area contributed by atoms with Gasteiger partial charge in [-0.2, -0.15) is 0 Å². The molecule has 0 aliphatic heterocycles. The fourth-order valence-electron chi connectivity index (χ4n) is 1.73. The van der Waals surface area contributed by atoms with Crippen molar-refractivity contribution in [1.82, 2.24) is 10.2 Å². The molecule has 0 radical (unpaired) electrons. The van der Waals surface area contributed by atoms with Crippen LogP contribution in [0, 0.1) is 0 Å². The molecule has 3 nitrogen and oxygen atoms in total. The molecule has 1 heterocycles. The Bertz CT molecular complexity index is 360. The van der Waals surface area contributed by atoms with Gasteiger partial charge in [0.1, 0.15) is 0 Å². The summed E-state index contributed by atoms with van der Waals surface area (Å²) in [5, 5.41) is 5.38.